The highest BCUT2D eigenvalue weighted by molar-refractivity contribution is 14.1. The number of carbonyl (C=O) groups is 1. The fourth-order valence-electron chi connectivity index (χ4n) is 1.78. The Morgan fingerprint density at radius 1 is 1.18 bits per heavy atom. The van der Waals surface area contributed by atoms with Gasteiger partial charge in [-0.25, -0.2) is 9.79 Å². The third-order valence-corrected chi connectivity index (χ3v) is 3.50. The lowest BCUT2D eigenvalue weighted by Gasteiger charge is -1.98. The average molecular weight is 410 g/mol. The van der Waals surface area contributed by atoms with Crippen molar-refractivity contribution in [3.05, 3.63) is 67.1 Å². The monoisotopic (exact) mass is 410 g/mol. The second-order valence-electron chi connectivity index (χ2n) is 4.28. The van der Waals surface area contributed by atoms with Crippen LogP contribution in [0.5, 0.6) is 0 Å². The van der Waals surface area contributed by atoms with Crippen LogP contribution in [-0.4, -0.2) is 16.8 Å². The number of esters is 1. The number of nitrogens with zero attached hydrogens (tertiary/aromatic N) is 2. The number of rotatable bonds is 3. The Kier molecular flexibility index (Phi) is 3.75. The van der Waals surface area contributed by atoms with E-state index in [0.29, 0.717) is 5.56 Å². The summed E-state index contributed by atoms with van der Waals surface area (Å²) in [5, 5.41) is 10.6. The summed E-state index contributed by atoms with van der Waals surface area (Å²) in [5.41, 5.74) is 0.695. The van der Waals surface area contributed by atoms with Gasteiger partial charge in [0.05, 0.1) is 6.07 Å². The van der Waals surface area contributed by atoms with E-state index >= 15 is 0 Å². The van der Waals surface area contributed by atoms with Gasteiger partial charge in [-0.15, -0.1) is 0 Å². The quantitative estimate of drug-likeness (QED) is 0.255. The summed E-state index contributed by atoms with van der Waals surface area (Å²) >= 11 is 2.16. The number of carbonyl (C=O) groups excluding carboxylic acids is 1. The molecule has 0 radical (unpaired) electrons. The zero-order chi connectivity index (χ0) is 15.7. The molecule has 0 unspecified atom stereocenters. The molecule has 0 saturated heterocycles. The number of hydrogen-bond donors (Lipinski definition) is 0. The van der Waals surface area contributed by atoms with Crippen molar-refractivity contribution in [2.75, 3.05) is 0 Å². The first-order valence-corrected chi connectivity index (χ1v) is 7.13. The first-order chi connectivity index (χ1) is 10.5. The molecule has 2 heterocycles. The molecule has 0 atom stereocenters. The maximum absolute atomic E-state index is 11.8. The summed E-state index contributed by atoms with van der Waals surface area (Å²) in [4.78, 5) is 25.8. The van der Waals surface area contributed by atoms with E-state index in [9.17, 15) is 14.9 Å². The molecule has 0 spiro atoms. The summed E-state index contributed by atoms with van der Waals surface area (Å²) < 4.78 is 11.1. The molecule has 1 aromatic heterocycles. The standard InChI is InChI=1S/C14H7IN2O5/c15-9-3-1-8(2-4-9)13-16-11(14(18)22-13)7-10-5-6-12(21-10)17(19)20/h1-7H/b11-7-. The Morgan fingerprint density at radius 3 is 2.55 bits per heavy atom. The van der Waals surface area contributed by atoms with E-state index in [4.69, 9.17) is 9.15 Å². The van der Waals surface area contributed by atoms with Crippen LogP contribution in [0.1, 0.15) is 11.3 Å². The van der Waals surface area contributed by atoms with Crippen molar-refractivity contribution in [3.8, 4) is 0 Å². The molecule has 110 valence electrons. The van der Waals surface area contributed by atoms with Crippen LogP contribution in [0, 0.1) is 13.7 Å². The van der Waals surface area contributed by atoms with Crippen molar-refractivity contribution in [2.24, 2.45) is 4.99 Å². The lowest BCUT2D eigenvalue weighted by atomic mass is 10.2. The van der Waals surface area contributed by atoms with Gasteiger partial charge in [0, 0.05) is 15.2 Å². The molecule has 1 aliphatic heterocycles. The minimum absolute atomic E-state index is 0.0257. The van der Waals surface area contributed by atoms with Crippen LogP contribution >= 0.6 is 22.6 Å². The van der Waals surface area contributed by atoms with E-state index in [2.05, 4.69) is 27.6 Å². The van der Waals surface area contributed by atoms with Gasteiger partial charge in [0.25, 0.3) is 0 Å². The zero-order valence-electron chi connectivity index (χ0n) is 10.9. The molecule has 0 aliphatic carbocycles. The number of aliphatic imine (C=N–C) groups is 1. The Hall–Kier alpha value is -2.49. The van der Waals surface area contributed by atoms with Crippen molar-refractivity contribution < 1.29 is 18.9 Å². The van der Waals surface area contributed by atoms with Gasteiger partial charge in [0.15, 0.2) is 5.70 Å². The molecule has 8 heteroatoms. The highest BCUT2D eigenvalue weighted by atomic mass is 127. The molecule has 2 aromatic rings. The van der Waals surface area contributed by atoms with Crippen LogP contribution in [0.4, 0.5) is 5.88 Å². The second-order valence-corrected chi connectivity index (χ2v) is 5.52. The summed E-state index contributed by atoms with van der Waals surface area (Å²) in [7, 11) is 0. The smallest absolute Gasteiger partial charge is 0.402 e. The number of furan rings is 1. The van der Waals surface area contributed by atoms with E-state index in [1.54, 1.807) is 12.1 Å². The van der Waals surface area contributed by atoms with Gasteiger partial charge in [0.1, 0.15) is 10.7 Å². The summed E-state index contributed by atoms with van der Waals surface area (Å²) in [6, 6.07) is 9.89. The summed E-state index contributed by atoms with van der Waals surface area (Å²) in [6.07, 6.45) is 1.30. The fourth-order valence-corrected chi connectivity index (χ4v) is 2.14. The van der Waals surface area contributed by atoms with Gasteiger partial charge in [-0.2, -0.15) is 0 Å². The van der Waals surface area contributed by atoms with Crippen LogP contribution in [0.25, 0.3) is 6.08 Å². The largest absolute Gasteiger partial charge is 0.433 e. The third kappa shape index (κ3) is 2.91. The molecule has 22 heavy (non-hydrogen) atoms. The predicted octanol–water partition coefficient (Wildman–Crippen LogP) is 3.14. The molecule has 0 N–H and O–H groups in total. The van der Waals surface area contributed by atoms with Crippen LogP contribution < -0.4 is 0 Å². The normalized spacial score (nSPS) is 15.8. The van der Waals surface area contributed by atoms with Gasteiger partial charge in [-0.05, 0) is 52.9 Å². The van der Waals surface area contributed by atoms with Crippen LogP contribution in [0.15, 0.2) is 51.5 Å². The molecule has 1 aliphatic rings. The summed E-state index contributed by atoms with van der Waals surface area (Å²) in [6.45, 7) is 0. The van der Waals surface area contributed by atoms with Gasteiger partial charge < -0.3 is 9.15 Å². The van der Waals surface area contributed by atoms with Crippen molar-refractivity contribution in [2.45, 2.75) is 0 Å². The number of benzene rings is 1. The van der Waals surface area contributed by atoms with Crippen LogP contribution in [-0.2, 0) is 9.53 Å². The molecule has 7 nitrogen and oxygen atoms in total. The van der Waals surface area contributed by atoms with E-state index < -0.39 is 16.8 Å². The number of cyclic esters (lactones) is 1. The number of halogens is 1. The maximum atomic E-state index is 11.8. The lowest BCUT2D eigenvalue weighted by molar-refractivity contribution is -0.402. The van der Waals surface area contributed by atoms with Gasteiger partial charge >= 0.3 is 11.9 Å². The molecule has 1 aromatic carbocycles. The second kappa shape index (κ2) is 5.72. The van der Waals surface area contributed by atoms with Gasteiger partial charge in [-0.3, -0.25) is 10.1 Å². The first-order valence-electron chi connectivity index (χ1n) is 6.05. The molecule has 0 fully saturated rings. The molecular weight excluding hydrogens is 403 g/mol. The van der Waals surface area contributed by atoms with E-state index in [1.165, 1.54) is 18.2 Å². The first kappa shape index (κ1) is 14.4. The minimum atomic E-state index is -0.657. The van der Waals surface area contributed by atoms with Crippen molar-refractivity contribution in [1.29, 1.82) is 0 Å². The highest BCUT2D eigenvalue weighted by Gasteiger charge is 2.25. The van der Waals surface area contributed by atoms with Gasteiger partial charge in [-0.1, -0.05) is 0 Å². The highest BCUT2D eigenvalue weighted by Crippen LogP contribution is 2.22. The molecule has 0 amide bonds. The molecule has 3 rings (SSSR count). The predicted molar refractivity (Wildman–Crippen MR) is 85.1 cm³/mol. The van der Waals surface area contributed by atoms with Crippen molar-refractivity contribution in [1.82, 2.24) is 0 Å². The maximum Gasteiger partial charge on any atom is 0.433 e. The summed E-state index contributed by atoms with van der Waals surface area (Å²) in [5.74, 6) is -0.687. The number of hydrogen-bond acceptors (Lipinski definition) is 6. The van der Waals surface area contributed by atoms with Crippen molar-refractivity contribution >= 4 is 46.4 Å². The topological polar surface area (TPSA) is 94.9 Å². The van der Waals surface area contributed by atoms with Gasteiger partial charge in [0.2, 0.25) is 5.90 Å². The Balaban J connectivity index is 1.90. The third-order valence-electron chi connectivity index (χ3n) is 2.78. The zero-order valence-corrected chi connectivity index (χ0v) is 13.0. The fraction of sp³-hybridized carbons (Fsp3) is 0. The molecule has 0 bridgehead atoms. The van der Waals surface area contributed by atoms with Crippen LogP contribution in [0.2, 0.25) is 0 Å². The Bertz CT molecular complexity index is 820. The Morgan fingerprint density at radius 2 is 1.91 bits per heavy atom. The van der Waals surface area contributed by atoms with E-state index in [0.717, 1.165) is 3.57 Å². The number of ether oxygens (including phenoxy) is 1. The lowest BCUT2D eigenvalue weighted by Crippen LogP contribution is -2.05. The number of nitro groups is 1. The van der Waals surface area contributed by atoms with Crippen molar-refractivity contribution in [3.63, 3.8) is 0 Å². The Labute approximate surface area is 137 Å². The average Bonchev–Trinajstić information content (AvgIpc) is 3.08. The SMILES string of the molecule is O=C1OC(c2ccc(I)cc2)=N/C1=C\c1ccc([N+](=O)[O-])o1. The van der Waals surface area contributed by atoms with E-state index in [-0.39, 0.29) is 17.4 Å². The molecule has 0 saturated carbocycles. The van der Waals surface area contributed by atoms with E-state index in [1.807, 2.05) is 12.1 Å². The van der Waals surface area contributed by atoms with Crippen LogP contribution in [0.3, 0.4) is 0 Å². The molecular formula is C14H7IN2O5. The minimum Gasteiger partial charge on any atom is -0.402 e.